The minimum atomic E-state index is -0.0313. The van der Waals surface area contributed by atoms with Gasteiger partial charge in [-0.2, -0.15) is 0 Å². The molecule has 0 spiro atoms. The van der Waals surface area contributed by atoms with Gasteiger partial charge in [-0.15, -0.1) is 0 Å². The van der Waals surface area contributed by atoms with Crippen LogP contribution >= 0.6 is 11.9 Å². The lowest BCUT2D eigenvalue weighted by Gasteiger charge is -2.21. The fraction of sp³-hybridized carbons (Fsp3) is 1.00. The first kappa shape index (κ1) is 5.86. The van der Waals surface area contributed by atoms with Crippen molar-refractivity contribution in [3.63, 3.8) is 0 Å². The van der Waals surface area contributed by atoms with Gasteiger partial charge in [0.2, 0.25) is 0 Å². The standard InChI is InChI=1S/C7H11NOS/c9-7-3-1-4-5(2-3)10-8-6(4)7/h3-9H,1-2H2. The van der Waals surface area contributed by atoms with Gasteiger partial charge in [0.25, 0.3) is 0 Å². The lowest BCUT2D eigenvalue weighted by Crippen LogP contribution is -2.37. The Kier molecular flexibility index (Phi) is 1.00. The van der Waals surface area contributed by atoms with Gasteiger partial charge in [0.05, 0.1) is 6.10 Å². The second-order valence-corrected chi connectivity index (χ2v) is 4.76. The summed E-state index contributed by atoms with van der Waals surface area (Å²) in [6.45, 7) is 0. The summed E-state index contributed by atoms with van der Waals surface area (Å²) in [4.78, 5) is 0. The molecule has 0 radical (unpaired) electrons. The fourth-order valence-electron chi connectivity index (χ4n) is 2.73. The zero-order valence-electron chi connectivity index (χ0n) is 5.66. The van der Waals surface area contributed by atoms with E-state index in [1.807, 2.05) is 11.9 Å². The summed E-state index contributed by atoms with van der Waals surface area (Å²) < 4.78 is 3.33. The van der Waals surface area contributed by atoms with Gasteiger partial charge in [0, 0.05) is 11.3 Å². The zero-order chi connectivity index (χ0) is 6.72. The number of hydrogen-bond donors (Lipinski definition) is 2. The lowest BCUT2D eigenvalue weighted by atomic mass is 9.93. The molecule has 3 rings (SSSR count). The van der Waals surface area contributed by atoms with Crippen molar-refractivity contribution in [2.45, 2.75) is 30.2 Å². The molecule has 2 N–H and O–H groups in total. The summed E-state index contributed by atoms with van der Waals surface area (Å²) >= 11 is 1.86. The van der Waals surface area contributed by atoms with E-state index in [1.54, 1.807) is 0 Å². The van der Waals surface area contributed by atoms with Gasteiger partial charge in [-0.3, -0.25) is 4.72 Å². The number of fused-ring (bicyclic) bond motifs is 1. The van der Waals surface area contributed by atoms with Crippen molar-refractivity contribution in [3.05, 3.63) is 0 Å². The molecule has 1 heterocycles. The second-order valence-electron chi connectivity index (χ2n) is 3.69. The molecule has 5 unspecified atom stereocenters. The molecule has 3 aliphatic rings. The molecular formula is C7H11NOS. The Morgan fingerprint density at radius 2 is 2.30 bits per heavy atom. The van der Waals surface area contributed by atoms with E-state index in [-0.39, 0.29) is 6.10 Å². The molecule has 2 bridgehead atoms. The van der Waals surface area contributed by atoms with Crippen molar-refractivity contribution in [2.75, 3.05) is 0 Å². The Bertz CT molecular complexity index is 173. The van der Waals surface area contributed by atoms with E-state index in [1.165, 1.54) is 12.8 Å². The van der Waals surface area contributed by atoms with Crippen molar-refractivity contribution >= 4 is 11.9 Å². The van der Waals surface area contributed by atoms with Gasteiger partial charge in [-0.05, 0) is 24.7 Å². The van der Waals surface area contributed by atoms with Crippen LogP contribution in [0.3, 0.4) is 0 Å². The smallest absolute Gasteiger partial charge is 0.0733 e. The van der Waals surface area contributed by atoms with Crippen LogP contribution in [0.5, 0.6) is 0 Å². The lowest BCUT2D eigenvalue weighted by molar-refractivity contribution is 0.0970. The van der Waals surface area contributed by atoms with Crippen LogP contribution < -0.4 is 4.72 Å². The third kappa shape index (κ3) is 0.510. The normalized spacial score (nSPS) is 63.9. The van der Waals surface area contributed by atoms with Gasteiger partial charge in [0.15, 0.2) is 0 Å². The molecule has 1 aliphatic heterocycles. The van der Waals surface area contributed by atoms with Crippen LogP contribution in [0, 0.1) is 11.8 Å². The highest BCUT2D eigenvalue weighted by Gasteiger charge is 2.56. The molecule has 3 heteroatoms. The highest BCUT2D eigenvalue weighted by atomic mass is 32.2. The number of aliphatic hydroxyl groups excluding tert-OH is 1. The van der Waals surface area contributed by atoms with Crippen molar-refractivity contribution in [1.29, 1.82) is 0 Å². The van der Waals surface area contributed by atoms with Gasteiger partial charge < -0.3 is 5.11 Å². The Hall–Kier alpha value is 0.270. The second kappa shape index (κ2) is 1.71. The molecular weight excluding hydrogens is 146 g/mol. The molecule has 0 aromatic rings. The van der Waals surface area contributed by atoms with Crippen molar-refractivity contribution < 1.29 is 5.11 Å². The van der Waals surface area contributed by atoms with Crippen LogP contribution in [0.25, 0.3) is 0 Å². The molecule has 3 fully saturated rings. The minimum absolute atomic E-state index is 0.0313. The summed E-state index contributed by atoms with van der Waals surface area (Å²) in [6, 6.07) is 0.439. The molecule has 0 aromatic heterocycles. The van der Waals surface area contributed by atoms with Crippen LogP contribution in [0.15, 0.2) is 0 Å². The Morgan fingerprint density at radius 1 is 1.40 bits per heavy atom. The van der Waals surface area contributed by atoms with Gasteiger partial charge >= 0.3 is 0 Å². The zero-order valence-corrected chi connectivity index (χ0v) is 6.47. The molecule has 0 amide bonds. The Labute approximate surface area is 64.5 Å². The van der Waals surface area contributed by atoms with Crippen LogP contribution in [-0.4, -0.2) is 22.5 Å². The fourth-order valence-corrected chi connectivity index (χ4v) is 4.18. The third-order valence-electron chi connectivity index (χ3n) is 3.26. The molecule has 2 saturated carbocycles. The van der Waals surface area contributed by atoms with Crippen molar-refractivity contribution in [2.24, 2.45) is 11.8 Å². The largest absolute Gasteiger partial charge is 0.391 e. The molecule has 56 valence electrons. The molecule has 10 heavy (non-hydrogen) atoms. The van der Waals surface area contributed by atoms with E-state index >= 15 is 0 Å². The number of hydrogen-bond acceptors (Lipinski definition) is 3. The number of nitrogens with one attached hydrogen (secondary N) is 1. The summed E-state index contributed by atoms with van der Waals surface area (Å²) in [5.74, 6) is 1.42. The van der Waals surface area contributed by atoms with Crippen LogP contribution in [0.2, 0.25) is 0 Å². The number of aliphatic hydroxyl groups is 1. The number of rotatable bonds is 0. The quantitative estimate of drug-likeness (QED) is 0.498. The monoisotopic (exact) mass is 157 g/mol. The first-order valence-electron chi connectivity index (χ1n) is 3.95. The minimum Gasteiger partial charge on any atom is -0.391 e. The first-order chi connectivity index (χ1) is 4.86. The summed E-state index contributed by atoms with van der Waals surface area (Å²) in [7, 11) is 0. The molecule has 0 aromatic carbocycles. The maximum Gasteiger partial charge on any atom is 0.0733 e. The SMILES string of the molecule is OC1C2CC3SNC1C3C2. The van der Waals surface area contributed by atoms with Crippen molar-refractivity contribution in [1.82, 2.24) is 4.72 Å². The van der Waals surface area contributed by atoms with Crippen LogP contribution in [0.4, 0.5) is 0 Å². The third-order valence-corrected chi connectivity index (χ3v) is 4.51. The van der Waals surface area contributed by atoms with E-state index < -0.39 is 0 Å². The molecule has 1 saturated heterocycles. The Morgan fingerprint density at radius 3 is 3.00 bits per heavy atom. The molecule has 2 nitrogen and oxygen atoms in total. The summed E-state index contributed by atoms with van der Waals surface area (Å²) in [5.41, 5.74) is 0. The maximum atomic E-state index is 9.63. The highest BCUT2D eigenvalue weighted by molar-refractivity contribution is 7.98. The molecule has 2 aliphatic carbocycles. The van der Waals surface area contributed by atoms with E-state index in [9.17, 15) is 5.11 Å². The predicted octanol–water partition coefficient (Wildman–Crippen LogP) is 0.376. The van der Waals surface area contributed by atoms with Gasteiger partial charge in [-0.25, -0.2) is 0 Å². The highest BCUT2D eigenvalue weighted by Crippen LogP contribution is 2.53. The van der Waals surface area contributed by atoms with E-state index in [0.29, 0.717) is 12.0 Å². The topological polar surface area (TPSA) is 32.3 Å². The van der Waals surface area contributed by atoms with E-state index in [0.717, 1.165) is 11.2 Å². The molecule has 5 atom stereocenters. The average molecular weight is 157 g/mol. The van der Waals surface area contributed by atoms with Crippen molar-refractivity contribution in [3.8, 4) is 0 Å². The van der Waals surface area contributed by atoms with Gasteiger partial charge in [0.1, 0.15) is 0 Å². The van der Waals surface area contributed by atoms with Crippen LogP contribution in [0.1, 0.15) is 12.8 Å². The van der Waals surface area contributed by atoms with E-state index in [2.05, 4.69) is 4.72 Å². The Balaban J connectivity index is 2.00. The maximum absolute atomic E-state index is 9.63. The van der Waals surface area contributed by atoms with Gasteiger partial charge in [-0.1, -0.05) is 11.9 Å². The average Bonchev–Trinajstić information content (AvgIpc) is 2.43. The summed E-state index contributed by atoms with van der Waals surface area (Å²) in [5, 5.41) is 10.5. The first-order valence-corrected chi connectivity index (χ1v) is 4.83. The van der Waals surface area contributed by atoms with E-state index in [4.69, 9.17) is 0 Å². The predicted molar refractivity (Wildman–Crippen MR) is 40.5 cm³/mol. The van der Waals surface area contributed by atoms with Crippen LogP contribution in [-0.2, 0) is 0 Å². The summed E-state index contributed by atoms with van der Waals surface area (Å²) in [6.07, 6.45) is 2.49.